The van der Waals surface area contributed by atoms with E-state index in [0.29, 0.717) is 5.41 Å². The molecule has 1 aromatic rings. The van der Waals surface area contributed by atoms with Gasteiger partial charge in [-0.3, -0.25) is 0 Å². The minimum atomic E-state index is 0.357. The van der Waals surface area contributed by atoms with E-state index in [1.165, 1.54) is 12.0 Å². The Bertz CT molecular complexity index is 316. The SMILES string of the molecule is CCNCC(C)(C)CCc1ccc(OC)cc1. The van der Waals surface area contributed by atoms with Gasteiger partial charge < -0.3 is 10.1 Å². The topological polar surface area (TPSA) is 21.3 Å². The Balaban J connectivity index is 2.43. The second kappa shape index (κ2) is 6.65. The number of nitrogens with one attached hydrogen (secondary N) is 1. The largest absolute Gasteiger partial charge is 0.497 e. The smallest absolute Gasteiger partial charge is 0.118 e. The third-order valence-corrected chi connectivity index (χ3v) is 3.10. The fourth-order valence-electron chi connectivity index (χ4n) is 1.83. The maximum absolute atomic E-state index is 5.16. The number of hydrogen-bond donors (Lipinski definition) is 1. The van der Waals surface area contributed by atoms with Crippen molar-refractivity contribution in [1.29, 1.82) is 0 Å². The molecule has 17 heavy (non-hydrogen) atoms. The first-order valence-electron chi connectivity index (χ1n) is 6.41. The lowest BCUT2D eigenvalue weighted by molar-refractivity contribution is 0.318. The Labute approximate surface area is 105 Å². The van der Waals surface area contributed by atoms with Crippen LogP contribution in [0, 0.1) is 5.41 Å². The molecule has 0 radical (unpaired) electrons. The molecule has 0 unspecified atom stereocenters. The highest BCUT2D eigenvalue weighted by Gasteiger charge is 2.16. The van der Waals surface area contributed by atoms with Gasteiger partial charge >= 0.3 is 0 Å². The average molecular weight is 235 g/mol. The van der Waals surface area contributed by atoms with E-state index in [4.69, 9.17) is 4.74 Å². The molecule has 0 amide bonds. The van der Waals surface area contributed by atoms with Crippen molar-refractivity contribution in [3.05, 3.63) is 29.8 Å². The van der Waals surface area contributed by atoms with Crippen molar-refractivity contribution in [3.8, 4) is 5.75 Å². The molecule has 0 aromatic heterocycles. The molecule has 0 atom stereocenters. The van der Waals surface area contributed by atoms with Crippen molar-refractivity contribution in [2.45, 2.75) is 33.6 Å². The first kappa shape index (κ1) is 14.0. The third-order valence-electron chi connectivity index (χ3n) is 3.10. The molecule has 0 fully saturated rings. The summed E-state index contributed by atoms with van der Waals surface area (Å²) in [7, 11) is 1.70. The quantitative estimate of drug-likeness (QED) is 0.783. The summed E-state index contributed by atoms with van der Waals surface area (Å²) in [5, 5.41) is 3.42. The fraction of sp³-hybridized carbons (Fsp3) is 0.600. The summed E-state index contributed by atoms with van der Waals surface area (Å²) in [5.41, 5.74) is 1.74. The Morgan fingerprint density at radius 1 is 1.18 bits per heavy atom. The fourth-order valence-corrected chi connectivity index (χ4v) is 1.83. The van der Waals surface area contributed by atoms with E-state index in [2.05, 4.69) is 38.2 Å². The molecule has 1 aromatic carbocycles. The van der Waals surface area contributed by atoms with Crippen molar-refractivity contribution >= 4 is 0 Å². The van der Waals surface area contributed by atoms with Crippen LogP contribution in [-0.4, -0.2) is 20.2 Å². The summed E-state index contributed by atoms with van der Waals surface area (Å²) >= 11 is 0. The van der Waals surface area contributed by atoms with E-state index in [1.807, 2.05) is 12.1 Å². The van der Waals surface area contributed by atoms with Crippen LogP contribution in [0.2, 0.25) is 0 Å². The van der Waals surface area contributed by atoms with Crippen LogP contribution in [0.5, 0.6) is 5.75 Å². The molecule has 2 heteroatoms. The molecule has 0 aliphatic heterocycles. The second-order valence-corrected chi connectivity index (χ2v) is 5.29. The zero-order valence-corrected chi connectivity index (χ0v) is 11.5. The molecule has 0 aliphatic rings. The Hall–Kier alpha value is -1.02. The van der Waals surface area contributed by atoms with Crippen LogP contribution in [0.3, 0.4) is 0 Å². The summed E-state index contributed by atoms with van der Waals surface area (Å²) in [6, 6.07) is 8.38. The predicted octanol–water partition coefficient (Wildman–Crippen LogP) is 3.26. The summed E-state index contributed by atoms with van der Waals surface area (Å²) in [4.78, 5) is 0. The van der Waals surface area contributed by atoms with Gasteiger partial charge in [-0.2, -0.15) is 0 Å². The first-order chi connectivity index (χ1) is 8.07. The van der Waals surface area contributed by atoms with Gasteiger partial charge in [0, 0.05) is 6.54 Å². The van der Waals surface area contributed by atoms with E-state index in [-0.39, 0.29) is 0 Å². The van der Waals surface area contributed by atoms with Crippen molar-refractivity contribution in [2.75, 3.05) is 20.2 Å². The summed E-state index contributed by atoms with van der Waals surface area (Å²) in [6.45, 7) is 8.92. The van der Waals surface area contributed by atoms with Crippen LogP contribution in [-0.2, 0) is 6.42 Å². The number of rotatable bonds is 7. The minimum absolute atomic E-state index is 0.357. The molecule has 0 saturated carbocycles. The van der Waals surface area contributed by atoms with E-state index in [9.17, 15) is 0 Å². The maximum Gasteiger partial charge on any atom is 0.118 e. The molecule has 1 rings (SSSR count). The highest BCUT2D eigenvalue weighted by Crippen LogP contribution is 2.22. The number of aryl methyl sites for hydroxylation is 1. The Morgan fingerprint density at radius 3 is 2.35 bits per heavy atom. The number of ether oxygens (including phenoxy) is 1. The summed E-state index contributed by atoms with van der Waals surface area (Å²) in [5.74, 6) is 0.931. The summed E-state index contributed by atoms with van der Waals surface area (Å²) < 4.78 is 5.16. The normalized spacial score (nSPS) is 11.5. The van der Waals surface area contributed by atoms with Crippen molar-refractivity contribution in [1.82, 2.24) is 5.32 Å². The molecule has 0 bridgehead atoms. The monoisotopic (exact) mass is 235 g/mol. The molecule has 2 nitrogen and oxygen atoms in total. The van der Waals surface area contributed by atoms with Gasteiger partial charge in [0.15, 0.2) is 0 Å². The van der Waals surface area contributed by atoms with Gasteiger partial charge in [-0.15, -0.1) is 0 Å². The van der Waals surface area contributed by atoms with Gasteiger partial charge in [0.25, 0.3) is 0 Å². The van der Waals surface area contributed by atoms with Crippen molar-refractivity contribution in [2.24, 2.45) is 5.41 Å². The molecule has 0 saturated heterocycles. The van der Waals surface area contributed by atoms with E-state index in [1.54, 1.807) is 7.11 Å². The predicted molar refractivity (Wildman–Crippen MR) is 73.6 cm³/mol. The molecular formula is C15H25NO. The van der Waals surface area contributed by atoms with Crippen LogP contribution < -0.4 is 10.1 Å². The van der Waals surface area contributed by atoms with Crippen LogP contribution in [0.4, 0.5) is 0 Å². The van der Waals surface area contributed by atoms with Crippen molar-refractivity contribution < 1.29 is 4.74 Å². The molecule has 96 valence electrons. The highest BCUT2D eigenvalue weighted by atomic mass is 16.5. The summed E-state index contributed by atoms with van der Waals surface area (Å²) in [6.07, 6.45) is 2.33. The zero-order chi connectivity index (χ0) is 12.7. The Kier molecular flexibility index (Phi) is 5.49. The van der Waals surface area contributed by atoms with Crippen LogP contribution in [0.15, 0.2) is 24.3 Å². The van der Waals surface area contributed by atoms with Gasteiger partial charge in [0.05, 0.1) is 7.11 Å². The van der Waals surface area contributed by atoms with Gasteiger partial charge in [0.1, 0.15) is 5.75 Å². The molecular weight excluding hydrogens is 210 g/mol. The Morgan fingerprint density at radius 2 is 1.82 bits per heavy atom. The number of hydrogen-bond acceptors (Lipinski definition) is 2. The minimum Gasteiger partial charge on any atom is -0.497 e. The first-order valence-corrected chi connectivity index (χ1v) is 6.41. The van der Waals surface area contributed by atoms with Crippen molar-refractivity contribution in [3.63, 3.8) is 0 Å². The molecule has 1 N–H and O–H groups in total. The standard InChI is InChI=1S/C15H25NO/c1-5-16-12-15(2,3)11-10-13-6-8-14(17-4)9-7-13/h6-9,16H,5,10-12H2,1-4H3. The third kappa shape index (κ3) is 5.22. The van der Waals surface area contributed by atoms with E-state index >= 15 is 0 Å². The maximum atomic E-state index is 5.16. The number of benzene rings is 1. The highest BCUT2D eigenvalue weighted by molar-refractivity contribution is 5.27. The molecule has 0 aliphatic carbocycles. The molecule has 0 heterocycles. The number of methoxy groups -OCH3 is 1. The lowest BCUT2D eigenvalue weighted by Gasteiger charge is -2.24. The van der Waals surface area contributed by atoms with Gasteiger partial charge in [-0.05, 0) is 42.5 Å². The van der Waals surface area contributed by atoms with E-state index < -0.39 is 0 Å². The zero-order valence-electron chi connectivity index (χ0n) is 11.5. The van der Waals surface area contributed by atoms with Crippen LogP contribution >= 0.6 is 0 Å². The lowest BCUT2D eigenvalue weighted by atomic mass is 9.86. The second-order valence-electron chi connectivity index (χ2n) is 5.29. The van der Waals surface area contributed by atoms with Gasteiger partial charge in [-0.1, -0.05) is 32.9 Å². The van der Waals surface area contributed by atoms with Gasteiger partial charge in [-0.25, -0.2) is 0 Å². The lowest BCUT2D eigenvalue weighted by Crippen LogP contribution is -2.29. The molecule has 0 spiro atoms. The van der Waals surface area contributed by atoms with E-state index in [0.717, 1.165) is 25.3 Å². The van der Waals surface area contributed by atoms with Gasteiger partial charge in [0.2, 0.25) is 0 Å². The van der Waals surface area contributed by atoms with Crippen LogP contribution in [0.1, 0.15) is 32.8 Å². The van der Waals surface area contributed by atoms with Crippen LogP contribution in [0.25, 0.3) is 0 Å². The average Bonchev–Trinajstić information content (AvgIpc) is 2.35.